The number of nitrogens with zero attached hydrogens (tertiary/aromatic N) is 1. The average Bonchev–Trinajstić information content (AvgIpc) is 3.02. The number of aryl methyl sites for hydroxylation is 1. The molecule has 1 fully saturated rings. The molecule has 5 atom stereocenters. The minimum absolute atomic E-state index is 0.119. The first-order valence-corrected chi connectivity index (χ1v) is 9.06. The van der Waals surface area contributed by atoms with E-state index in [0.29, 0.717) is 5.69 Å². The van der Waals surface area contributed by atoms with E-state index in [0.717, 1.165) is 20.8 Å². The zero-order valence-corrected chi connectivity index (χ0v) is 17.2. The van der Waals surface area contributed by atoms with Crippen LogP contribution in [0.1, 0.15) is 33.4 Å². The summed E-state index contributed by atoms with van der Waals surface area (Å²) in [6.07, 6.45) is -6.24. The van der Waals surface area contributed by atoms with E-state index in [9.17, 15) is 19.2 Å². The van der Waals surface area contributed by atoms with Crippen LogP contribution in [0.4, 0.5) is 0 Å². The summed E-state index contributed by atoms with van der Waals surface area (Å²) >= 11 is 0. The Hall–Kier alpha value is -3.15. The monoisotopic (exact) mass is 428 g/mol. The highest BCUT2D eigenvalue weighted by Crippen LogP contribution is 2.30. The van der Waals surface area contributed by atoms with Gasteiger partial charge in [0.1, 0.15) is 12.7 Å². The quantitative estimate of drug-likeness (QED) is 0.467. The summed E-state index contributed by atoms with van der Waals surface area (Å²) in [4.78, 5) is 46.4. The van der Waals surface area contributed by atoms with Gasteiger partial charge in [0.05, 0.1) is 0 Å². The van der Waals surface area contributed by atoms with E-state index in [2.05, 4.69) is 10.2 Å². The molecule has 0 aliphatic carbocycles. The second kappa shape index (κ2) is 10.1. The Bertz CT molecular complexity index is 792. The molecule has 0 aromatic carbocycles. The largest absolute Gasteiger partial charge is 0.463 e. The van der Waals surface area contributed by atoms with Gasteiger partial charge in [0, 0.05) is 39.5 Å². The SMILES string of the molecule is CC(=O)OC[C@H]1O[C@@H](Oc2cc(C)[nH]n2)[C@H](OC(C)=O)[C@@H](OC(C)=O)[C@@H]1OC(C)=O. The molecule has 2 heterocycles. The minimum atomic E-state index is -1.31. The van der Waals surface area contributed by atoms with Gasteiger partial charge in [-0.25, -0.2) is 0 Å². The summed E-state index contributed by atoms with van der Waals surface area (Å²) in [5.74, 6) is -2.64. The Balaban J connectivity index is 2.41. The lowest BCUT2D eigenvalue weighted by Crippen LogP contribution is -2.63. The van der Waals surface area contributed by atoms with Gasteiger partial charge < -0.3 is 28.4 Å². The van der Waals surface area contributed by atoms with E-state index in [-0.39, 0.29) is 12.5 Å². The molecule has 1 aliphatic heterocycles. The zero-order chi connectivity index (χ0) is 22.4. The normalized spacial score (nSPS) is 25.7. The third kappa shape index (κ3) is 6.44. The number of esters is 4. The lowest BCUT2D eigenvalue weighted by Gasteiger charge is -2.43. The Kier molecular flexibility index (Phi) is 7.75. The molecule has 1 aromatic rings. The molecule has 30 heavy (non-hydrogen) atoms. The molecular formula is C18H24N2O10. The molecule has 2 rings (SSSR count). The Morgan fingerprint density at radius 1 is 0.933 bits per heavy atom. The molecule has 1 N–H and O–H groups in total. The van der Waals surface area contributed by atoms with Gasteiger partial charge in [-0.15, -0.1) is 5.10 Å². The van der Waals surface area contributed by atoms with E-state index < -0.39 is 54.6 Å². The summed E-state index contributed by atoms with van der Waals surface area (Å²) in [6, 6.07) is 1.56. The number of H-pyrrole nitrogens is 1. The van der Waals surface area contributed by atoms with Crippen LogP contribution in [-0.4, -0.2) is 71.4 Å². The fourth-order valence-electron chi connectivity index (χ4n) is 2.86. The van der Waals surface area contributed by atoms with Crippen LogP contribution in [0.5, 0.6) is 5.88 Å². The number of hydrogen-bond acceptors (Lipinski definition) is 11. The topological polar surface area (TPSA) is 152 Å². The molecule has 1 saturated heterocycles. The lowest BCUT2D eigenvalue weighted by atomic mass is 9.98. The van der Waals surface area contributed by atoms with Crippen LogP contribution in [-0.2, 0) is 42.9 Å². The Labute approximate surface area is 172 Å². The van der Waals surface area contributed by atoms with Crippen molar-refractivity contribution in [3.63, 3.8) is 0 Å². The molecule has 1 aliphatic rings. The Morgan fingerprint density at radius 2 is 1.50 bits per heavy atom. The third-order valence-electron chi connectivity index (χ3n) is 3.87. The molecule has 166 valence electrons. The molecule has 0 spiro atoms. The highest BCUT2D eigenvalue weighted by molar-refractivity contribution is 5.68. The molecule has 1 aromatic heterocycles. The number of aromatic amines is 1. The fraction of sp³-hybridized carbons (Fsp3) is 0.611. The molecule has 0 amide bonds. The average molecular weight is 428 g/mol. The van der Waals surface area contributed by atoms with Gasteiger partial charge in [0.25, 0.3) is 0 Å². The van der Waals surface area contributed by atoms with E-state index >= 15 is 0 Å². The van der Waals surface area contributed by atoms with Gasteiger partial charge >= 0.3 is 23.9 Å². The summed E-state index contributed by atoms with van der Waals surface area (Å²) in [5, 5.41) is 6.61. The van der Waals surface area contributed by atoms with E-state index in [4.69, 9.17) is 28.4 Å². The minimum Gasteiger partial charge on any atom is -0.463 e. The predicted molar refractivity (Wildman–Crippen MR) is 95.9 cm³/mol. The summed E-state index contributed by atoms with van der Waals surface area (Å²) in [7, 11) is 0. The number of ether oxygens (including phenoxy) is 6. The Morgan fingerprint density at radius 3 is 2.00 bits per heavy atom. The zero-order valence-electron chi connectivity index (χ0n) is 17.2. The van der Waals surface area contributed by atoms with E-state index in [1.165, 1.54) is 6.92 Å². The lowest BCUT2D eigenvalue weighted by molar-refractivity contribution is -0.289. The van der Waals surface area contributed by atoms with Crippen molar-refractivity contribution in [1.29, 1.82) is 0 Å². The van der Waals surface area contributed by atoms with Crippen molar-refractivity contribution in [2.75, 3.05) is 6.61 Å². The summed E-state index contributed by atoms with van der Waals surface area (Å²) < 4.78 is 32.3. The maximum absolute atomic E-state index is 11.7. The van der Waals surface area contributed by atoms with Crippen molar-refractivity contribution in [3.8, 4) is 5.88 Å². The van der Waals surface area contributed by atoms with Gasteiger partial charge in [-0.2, -0.15) is 0 Å². The fourth-order valence-corrected chi connectivity index (χ4v) is 2.86. The number of carbonyl (C=O) groups is 4. The van der Waals surface area contributed by atoms with Gasteiger partial charge in [-0.05, 0) is 6.92 Å². The first-order valence-electron chi connectivity index (χ1n) is 9.06. The van der Waals surface area contributed by atoms with Crippen molar-refractivity contribution in [3.05, 3.63) is 11.8 Å². The van der Waals surface area contributed by atoms with Crippen LogP contribution in [0.25, 0.3) is 0 Å². The van der Waals surface area contributed by atoms with Crippen LogP contribution in [0, 0.1) is 6.92 Å². The molecule has 0 unspecified atom stereocenters. The summed E-state index contributed by atoms with van der Waals surface area (Å²) in [5.41, 5.74) is 0.690. The maximum atomic E-state index is 11.7. The smallest absolute Gasteiger partial charge is 0.303 e. The van der Waals surface area contributed by atoms with Gasteiger partial charge in [-0.3, -0.25) is 24.3 Å². The molecule has 12 nitrogen and oxygen atoms in total. The van der Waals surface area contributed by atoms with E-state index in [1.807, 2.05) is 0 Å². The second-order valence-electron chi connectivity index (χ2n) is 6.57. The van der Waals surface area contributed by atoms with Gasteiger partial charge in [0.2, 0.25) is 18.3 Å². The van der Waals surface area contributed by atoms with Crippen LogP contribution in [0.15, 0.2) is 6.07 Å². The molecule has 0 saturated carbocycles. The van der Waals surface area contributed by atoms with Crippen molar-refractivity contribution in [2.24, 2.45) is 0 Å². The van der Waals surface area contributed by atoms with Crippen molar-refractivity contribution < 1.29 is 47.6 Å². The number of rotatable bonds is 7. The number of carbonyl (C=O) groups excluding carboxylic acids is 4. The number of nitrogens with one attached hydrogen (secondary N) is 1. The molecule has 0 bridgehead atoms. The highest BCUT2D eigenvalue weighted by Gasteiger charge is 2.53. The third-order valence-corrected chi connectivity index (χ3v) is 3.87. The molecule has 0 radical (unpaired) electrons. The maximum Gasteiger partial charge on any atom is 0.303 e. The summed E-state index contributed by atoms with van der Waals surface area (Å²) in [6.45, 7) is 6.02. The number of hydrogen-bond donors (Lipinski definition) is 1. The van der Waals surface area contributed by atoms with Gasteiger partial charge in [-0.1, -0.05) is 0 Å². The standard InChI is InChI=1S/C18H24N2O10/c1-8-6-14(20-19-8)30-18-17(28-12(5)24)16(27-11(4)23)15(26-10(3)22)13(29-18)7-25-9(2)21/h6,13,15-18H,7H2,1-5H3,(H,19,20)/t13-,15-,16+,17-,18+/m1/s1. The highest BCUT2D eigenvalue weighted by atomic mass is 16.7. The predicted octanol–water partition coefficient (Wildman–Crippen LogP) is 0.180. The van der Waals surface area contributed by atoms with Crippen molar-refractivity contribution in [2.45, 2.75) is 65.3 Å². The van der Waals surface area contributed by atoms with Crippen LogP contribution in [0.3, 0.4) is 0 Å². The number of aromatic nitrogens is 2. The van der Waals surface area contributed by atoms with Crippen molar-refractivity contribution >= 4 is 23.9 Å². The van der Waals surface area contributed by atoms with Crippen LogP contribution >= 0.6 is 0 Å². The first kappa shape index (κ1) is 23.1. The van der Waals surface area contributed by atoms with Crippen LogP contribution < -0.4 is 4.74 Å². The van der Waals surface area contributed by atoms with Crippen molar-refractivity contribution in [1.82, 2.24) is 10.2 Å². The van der Waals surface area contributed by atoms with Gasteiger partial charge in [0.15, 0.2) is 12.2 Å². The molecular weight excluding hydrogens is 404 g/mol. The van der Waals surface area contributed by atoms with Crippen LogP contribution in [0.2, 0.25) is 0 Å². The van der Waals surface area contributed by atoms with E-state index in [1.54, 1.807) is 13.0 Å². The molecule has 12 heteroatoms. The first-order chi connectivity index (χ1) is 14.1. The second-order valence-corrected chi connectivity index (χ2v) is 6.57.